The Bertz CT molecular complexity index is 1170. The van der Waals surface area contributed by atoms with Crippen molar-refractivity contribution in [1.29, 1.82) is 0 Å². The lowest BCUT2D eigenvalue weighted by molar-refractivity contribution is -0.114. The van der Waals surface area contributed by atoms with Crippen molar-refractivity contribution in [3.05, 3.63) is 84.0 Å². The van der Waals surface area contributed by atoms with Crippen molar-refractivity contribution in [2.75, 3.05) is 5.32 Å². The summed E-state index contributed by atoms with van der Waals surface area (Å²) in [6.45, 7) is 1.44. The number of nitrogens with one attached hydrogen (secondary N) is 1. The van der Waals surface area contributed by atoms with E-state index in [-0.39, 0.29) is 11.7 Å². The molecular weight excluding hydrogens is 386 g/mol. The normalized spacial score (nSPS) is 10.7. The van der Waals surface area contributed by atoms with Crippen molar-refractivity contribution < 1.29 is 9.90 Å². The molecule has 0 aliphatic carbocycles. The van der Waals surface area contributed by atoms with E-state index in [2.05, 4.69) is 5.32 Å². The molecule has 3 aromatic carbocycles. The van der Waals surface area contributed by atoms with Crippen LogP contribution in [0.4, 0.5) is 5.69 Å². The SMILES string of the molecule is CC(=O)Nc1ccc(O)c(-c2cn(-c3ccccc3)c(-c3ccc(Cl)cc3)n2)c1. The average Bonchev–Trinajstić information content (AvgIpc) is 3.15. The molecule has 4 rings (SSSR count). The van der Waals surface area contributed by atoms with Gasteiger partial charge in [0.2, 0.25) is 5.91 Å². The largest absolute Gasteiger partial charge is 0.507 e. The molecule has 0 unspecified atom stereocenters. The van der Waals surface area contributed by atoms with Crippen LogP contribution in [0, 0.1) is 0 Å². The molecule has 0 saturated carbocycles. The average molecular weight is 404 g/mol. The van der Waals surface area contributed by atoms with Gasteiger partial charge in [0, 0.05) is 40.6 Å². The number of nitrogens with zero attached hydrogens (tertiary/aromatic N) is 2. The fourth-order valence-corrected chi connectivity index (χ4v) is 3.25. The van der Waals surface area contributed by atoms with E-state index in [9.17, 15) is 9.90 Å². The number of phenolic OH excluding ortho intramolecular Hbond substituents is 1. The summed E-state index contributed by atoms with van der Waals surface area (Å²) < 4.78 is 1.96. The Labute approximate surface area is 173 Å². The van der Waals surface area contributed by atoms with Gasteiger partial charge in [0.05, 0.1) is 5.69 Å². The van der Waals surface area contributed by atoms with Crippen LogP contribution in [-0.2, 0) is 4.79 Å². The Kier molecular flexibility index (Phi) is 5.06. The summed E-state index contributed by atoms with van der Waals surface area (Å²) >= 11 is 6.04. The van der Waals surface area contributed by atoms with Gasteiger partial charge >= 0.3 is 0 Å². The molecule has 5 nitrogen and oxygen atoms in total. The summed E-state index contributed by atoms with van der Waals surface area (Å²) in [6, 6.07) is 22.2. The number of aromatic hydroxyl groups is 1. The highest BCUT2D eigenvalue weighted by Crippen LogP contribution is 2.34. The van der Waals surface area contributed by atoms with E-state index in [1.54, 1.807) is 18.2 Å². The van der Waals surface area contributed by atoms with Crippen molar-refractivity contribution in [2.45, 2.75) is 6.92 Å². The molecule has 144 valence electrons. The van der Waals surface area contributed by atoms with Crippen LogP contribution in [0.2, 0.25) is 5.02 Å². The minimum atomic E-state index is -0.182. The third-order valence-electron chi connectivity index (χ3n) is 4.44. The van der Waals surface area contributed by atoms with Crippen molar-refractivity contribution in [3.8, 4) is 34.1 Å². The quantitative estimate of drug-likeness (QED) is 0.440. The van der Waals surface area contributed by atoms with Crippen LogP contribution in [-0.4, -0.2) is 20.6 Å². The van der Waals surface area contributed by atoms with E-state index in [0.717, 1.165) is 11.3 Å². The molecule has 6 heteroatoms. The highest BCUT2D eigenvalue weighted by molar-refractivity contribution is 6.30. The molecule has 29 heavy (non-hydrogen) atoms. The van der Waals surface area contributed by atoms with Gasteiger partial charge in [-0.2, -0.15) is 0 Å². The highest BCUT2D eigenvalue weighted by Gasteiger charge is 2.16. The van der Waals surface area contributed by atoms with Gasteiger partial charge in [0.25, 0.3) is 0 Å². The third-order valence-corrected chi connectivity index (χ3v) is 4.69. The molecule has 0 spiro atoms. The predicted molar refractivity (Wildman–Crippen MR) is 115 cm³/mol. The van der Waals surface area contributed by atoms with E-state index >= 15 is 0 Å². The van der Waals surface area contributed by atoms with E-state index in [1.807, 2.05) is 65.4 Å². The summed E-state index contributed by atoms with van der Waals surface area (Å²) in [5, 5.41) is 13.8. The minimum Gasteiger partial charge on any atom is -0.507 e. The second-order valence-electron chi connectivity index (χ2n) is 6.58. The third kappa shape index (κ3) is 4.00. The van der Waals surface area contributed by atoms with Gasteiger partial charge in [-0.25, -0.2) is 4.98 Å². The Morgan fingerprint density at radius 3 is 2.45 bits per heavy atom. The Balaban J connectivity index is 1.88. The number of carbonyl (C=O) groups excluding carboxylic acids is 1. The topological polar surface area (TPSA) is 67.2 Å². The number of benzene rings is 3. The maximum absolute atomic E-state index is 11.4. The Hall–Kier alpha value is -3.57. The molecule has 0 aliphatic rings. The molecule has 4 aromatic rings. The van der Waals surface area contributed by atoms with Crippen molar-refractivity contribution in [2.24, 2.45) is 0 Å². The molecule has 0 bridgehead atoms. The lowest BCUT2D eigenvalue weighted by atomic mass is 10.1. The number of rotatable bonds is 4. The summed E-state index contributed by atoms with van der Waals surface area (Å²) in [4.78, 5) is 16.2. The second-order valence-corrected chi connectivity index (χ2v) is 7.01. The molecular formula is C23H18ClN3O2. The van der Waals surface area contributed by atoms with Crippen LogP contribution in [0.25, 0.3) is 28.3 Å². The fraction of sp³-hybridized carbons (Fsp3) is 0.0435. The number of hydrogen-bond donors (Lipinski definition) is 2. The van der Waals surface area contributed by atoms with Crippen LogP contribution in [0.15, 0.2) is 79.0 Å². The number of para-hydroxylation sites is 1. The molecule has 0 radical (unpaired) electrons. The van der Waals surface area contributed by atoms with Gasteiger partial charge in [-0.05, 0) is 54.6 Å². The number of phenols is 1. The monoisotopic (exact) mass is 403 g/mol. The molecule has 1 heterocycles. The predicted octanol–water partition coefficient (Wildman–Crippen LogP) is 5.52. The fourth-order valence-electron chi connectivity index (χ4n) is 3.12. The number of amides is 1. The zero-order valence-electron chi connectivity index (χ0n) is 15.6. The van der Waals surface area contributed by atoms with Crippen LogP contribution in [0.5, 0.6) is 5.75 Å². The highest BCUT2D eigenvalue weighted by atomic mass is 35.5. The van der Waals surface area contributed by atoms with Crippen LogP contribution >= 0.6 is 11.6 Å². The molecule has 0 saturated heterocycles. The maximum Gasteiger partial charge on any atom is 0.221 e. The molecule has 1 amide bonds. The van der Waals surface area contributed by atoms with Gasteiger partial charge in [0.15, 0.2) is 0 Å². The van der Waals surface area contributed by atoms with Gasteiger partial charge < -0.3 is 10.4 Å². The van der Waals surface area contributed by atoms with Gasteiger partial charge in [-0.1, -0.05) is 29.8 Å². The number of hydrogen-bond acceptors (Lipinski definition) is 3. The van der Waals surface area contributed by atoms with Gasteiger partial charge in [-0.3, -0.25) is 9.36 Å². The summed E-state index contributed by atoms with van der Waals surface area (Å²) in [5.74, 6) is 0.616. The summed E-state index contributed by atoms with van der Waals surface area (Å²) in [7, 11) is 0. The maximum atomic E-state index is 11.4. The molecule has 0 atom stereocenters. The zero-order chi connectivity index (χ0) is 20.4. The summed E-state index contributed by atoms with van der Waals surface area (Å²) in [5.41, 5.74) is 3.54. The van der Waals surface area contributed by atoms with E-state index in [1.165, 1.54) is 6.92 Å². The standard InChI is InChI=1S/C23H18ClN3O2/c1-15(28)25-18-11-12-22(29)20(13-18)21-14-27(19-5-3-2-4-6-19)23(26-21)16-7-9-17(24)10-8-16/h2-14,29H,1H3,(H,25,28). The number of imidazole rings is 1. The number of halogens is 1. The Morgan fingerprint density at radius 2 is 1.76 bits per heavy atom. The Morgan fingerprint density at radius 1 is 1.03 bits per heavy atom. The minimum absolute atomic E-state index is 0.0828. The van der Waals surface area contributed by atoms with Crippen LogP contribution in [0.1, 0.15) is 6.92 Å². The molecule has 0 aliphatic heterocycles. The first kappa shape index (κ1) is 18.8. The number of aromatic nitrogens is 2. The molecule has 2 N–H and O–H groups in total. The van der Waals surface area contributed by atoms with E-state index < -0.39 is 0 Å². The smallest absolute Gasteiger partial charge is 0.221 e. The first-order chi connectivity index (χ1) is 14.0. The van der Waals surface area contributed by atoms with Gasteiger partial charge in [-0.15, -0.1) is 0 Å². The summed E-state index contributed by atoms with van der Waals surface area (Å²) in [6.07, 6.45) is 1.87. The lowest BCUT2D eigenvalue weighted by Gasteiger charge is -2.07. The number of carbonyl (C=O) groups is 1. The lowest BCUT2D eigenvalue weighted by Crippen LogP contribution is -2.05. The van der Waals surface area contributed by atoms with Crippen molar-refractivity contribution in [3.63, 3.8) is 0 Å². The van der Waals surface area contributed by atoms with E-state index in [4.69, 9.17) is 16.6 Å². The second kappa shape index (κ2) is 7.81. The van der Waals surface area contributed by atoms with Crippen molar-refractivity contribution in [1.82, 2.24) is 9.55 Å². The van der Waals surface area contributed by atoms with E-state index in [0.29, 0.717) is 27.8 Å². The zero-order valence-corrected chi connectivity index (χ0v) is 16.4. The number of anilines is 1. The van der Waals surface area contributed by atoms with Crippen LogP contribution in [0.3, 0.4) is 0 Å². The van der Waals surface area contributed by atoms with Crippen LogP contribution < -0.4 is 5.32 Å². The first-order valence-corrected chi connectivity index (χ1v) is 9.41. The molecule has 1 aromatic heterocycles. The molecule has 0 fully saturated rings. The van der Waals surface area contributed by atoms with Gasteiger partial charge in [0.1, 0.15) is 11.6 Å². The first-order valence-electron chi connectivity index (χ1n) is 9.03. The van der Waals surface area contributed by atoms with Crippen molar-refractivity contribution >= 4 is 23.2 Å².